The Bertz CT molecular complexity index is 6730. The minimum atomic E-state index is -1.37. The van der Waals surface area contributed by atoms with Gasteiger partial charge in [-0.1, -0.05) is 196 Å². The quantitative estimate of drug-likeness (QED) is 0.141. The standard InChI is InChI=1S/C96H78N4Se/c1-94(2,3)63-50-74(59-30-14-10-15-31-59)92(75(51-63)60-32-16-11-17-33-60)99-81-56-66(97-78-42-26-22-38-68(78)69-39-23-27-43-79(69)97)46-48-71(81)88-72-49-47-67(98-80-44-28-24-40-70(80)89-85(98)58-87-90(89)73-41-25-29-45-86(73)101-87)57-82(72)100(84-55-65(96(7,8)9)54-83(99)91(84)88)93-76(61-34-18-12-19-35-61)52-64(95(4,5)6)53-77(93)62-36-20-13-21-37-62/h10-57,88H,58H2,1-9H3/i22D,23D,26D,27D,38D,39D,42D,43D,46D,47D,48D,49D,56D,57D. The van der Waals surface area contributed by atoms with Crippen molar-refractivity contribution in [2.75, 3.05) is 9.80 Å². The van der Waals surface area contributed by atoms with Crippen LogP contribution in [0.5, 0.6) is 0 Å². The Hall–Kier alpha value is -10.9. The van der Waals surface area contributed by atoms with E-state index in [-0.39, 0.29) is 82.6 Å². The Morgan fingerprint density at radius 2 is 0.762 bits per heavy atom. The molecule has 1 atom stereocenters. The van der Waals surface area contributed by atoms with E-state index in [0.29, 0.717) is 45.9 Å². The molecular formula is C96H78N4Se. The predicted molar refractivity (Wildman–Crippen MR) is 428 cm³/mol. The number of fused-ring (bicyclic) bond motifs is 14. The molecule has 488 valence electrons. The van der Waals surface area contributed by atoms with Gasteiger partial charge in [0, 0.05) is 27.6 Å². The number of nitrogens with zero attached hydrogens (tertiary/aromatic N) is 4. The Balaban J connectivity index is 1.06. The molecule has 0 saturated carbocycles. The van der Waals surface area contributed by atoms with Crippen LogP contribution in [0.3, 0.4) is 0 Å². The van der Waals surface area contributed by atoms with Crippen molar-refractivity contribution in [2.24, 2.45) is 0 Å². The molecule has 0 saturated heterocycles. The molecule has 0 spiro atoms. The molecule has 0 radical (unpaired) electrons. The molecule has 16 aromatic rings. The van der Waals surface area contributed by atoms with Crippen LogP contribution in [0, 0.1) is 0 Å². The van der Waals surface area contributed by atoms with Gasteiger partial charge < -0.3 is 4.57 Å². The van der Waals surface area contributed by atoms with E-state index in [1.165, 1.54) is 24.2 Å². The van der Waals surface area contributed by atoms with Gasteiger partial charge in [0.15, 0.2) is 0 Å². The van der Waals surface area contributed by atoms with Gasteiger partial charge in [-0.2, -0.15) is 0 Å². The van der Waals surface area contributed by atoms with Gasteiger partial charge >= 0.3 is 311 Å². The van der Waals surface area contributed by atoms with Crippen LogP contribution in [0.1, 0.15) is 131 Å². The first kappa shape index (κ1) is 47.9. The predicted octanol–water partition coefficient (Wildman–Crippen LogP) is 25.8. The van der Waals surface area contributed by atoms with Gasteiger partial charge in [-0.3, -0.25) is 0 Å². The fourth-order valence-electron chi connectivity index (χ4n) is 15.9. The zero-order valence-electron chi connectivity index (χ0n) is 71.6. The number of benzene rings is 13. The Morgan fingerprint density at radius 3 is 1.22 bits per heavy atom. The maximum absolute atomic E-state index is 11.9. The third-order valence-electron chi connectivity index (χ3n) is 20.8. The first-order chi connectivity index (χ1) is 54.9. The second-order valence-corrected chi connectivity index (χ2v) is 32.5. The van der Waals surface area contributed by atoms with Crippen LogP contribution in [0.4, 0.5) is 34.1 Å². The van der Waals surface area contributed by atoms with Gasteiger partial charge in [0.25, 0.3) is 0 Å². The minimum Gasteiger partial charge on any atom is -0.0622 e. The number of para-hydroxylation sites is 3. The van der Waals surface area contributed by atoms with Crippen molar-refractivity contribution in [1.29, 1.82) is 0 Å². The molecule has 1 aliphatic carbocycles. The second-order valence-electron chi connectivity index (χ2n) is 30.1. The molecule has 0 fully saturated rings. The first-order valence-electron chi connectivity index (χ1n) is 41.7. The molecule has 0 bridgehead atoms. The summed E-state index contributed by atoms with van der Waals surface area (Å²) in [6, 6.07) is 63.0. The van der Waals surface area contributed by atoms with E-state index in [1.807, 2.05) is 120 Å². The average molecular weight is 1380 g/mol. The molecule has 2 aliphatic heterocycles. The first-order valence-corrected chi connectivity index (χ1v) is 36.4. The van der Waals surface area contributed by atoms with Gasteiger partial charge in [0.2, 0.25) is 0 Å². The van der Waals surface area contributed by atoms with Gasteiger partial charge in [-0.25, -0.2) is 0 Å². The molecule has 5 heteroatoms. The Morgan fingerprint density at radius 1 is 0.366 bits per heavy atom. The van der Waals surface area contributed by atoms with Crippen LogP contribution in [0.25, 0.3) is 109 Å². The van der Waals surface area contributed by atoms with E-state index >= 15 is 0 Å². The van der Waals surface area contributed by atoms with Crippen molar-refractivity contribution in [3.05, 3.63) is 334 Å². The number of hydrogen-bond donors (Lipinski definition) is 0. The summed E-state index contributed by atoms with van der Waals surface area (Å²) in [5, 5.41) is 1.60. The molecule has 5 heterocycles. The molecule has 0 amide bonds. The summed E-state index contributed by atoms with van der Waals surface area (Å²) in [6.07, 6.45) is 0.538. The van der Waals surface area contributed by atoms with Crippen LogP contribution in [-0.2, 0) is 22.7 Å². The van der Waals surface area contributed by atoms with Crippen LogP contribution < -0.4 is 9.80 Å². The number of hydrogen-bond acceptors (Lipinski definition) is 2. The fourth-order valence-corrected chi connectivity index (χ4v) is 18.5. The molecule has 19 rings (SSSR count). The summed E-state index contributed by atoms with van der Waals surface area (Å²) in [5.41, 5.74) is 13.8. The van der Waals surface area contributed by atoms with E-state index < -0.39 is 94.3 Å². The SMILES string of the molecule is [2H]c1c([2H])c(-n2c3c(c4ccccc42)-c2c([se]c4ccccc24)C3)c([2H])c2c1C1c3c(cc(C(C)(C)C)cc3N(c3c(-c4ccccc4)cc(C(C)(C)C)cc3-c3ccccc3)c3c([2H])c(-n4c5c([2H])c([2H])c([2H])c([2H])c5c5c([2H])c([2H])c([2H])c([2H])c54)c([2H])c([2H])c31)N2c1c(-c2ccccc2)cc(C(C)(C)C)cc1-c1ccccc1. The zero-order valence-corrected chi connectivity index (χ0v) is 59.3. The summed E-state index contributed by atoms with van der Waals surface area (Å²) in [7, 11) is 0. The Labute approximate surface area is 618 Å². The second kappa shape index (κ2) is 22.8. The van der Waals surface area contributed by atoms with Crippen molar-refractivity contribution in [3.63, 3.8) is 0 Å². The van der Waals surface area contributed by atoms with Crippen molar-refractivity contribution in [1.82, 2.24) is 9.13 Å². The molecule has 1 unspecified atom stereocenters. The van der Waals surface area contributed by atoms with Gasteiger partial charge in [-0.05, 0) is 51.7 Å². The third kappa shape index (κ3) is 9.61. The normalized spacial score (nSPS) is 16.0. The molecule has 13 aromatic carbocycles. The smallest absolute Gasteiger partial charge is 0.0622 e. The zero-order chi connectivity index (χ0) is 80.6. The van der Waals surface area contributed by atoms with Crippen molar-refractivity contribution in [3.8, 4) is 67.0 Å². The number of anilines is 6. The topological polar surface area (TPSA) is 16.3 Å². The van der Waals surface area contributed by atoms with Gasteiger partial charge in [-0.15, -0.1) is 0 Å². The van der Waals surface area contributed by atoms with Gasteiger partial charge in [0.05, 0.1) is 30.4 Å². The molecule has 101 heavy (non-hydrogen) atoms. The summed E-state index contributed by atoms with van der Waals surface area (Å²) >= 11 is -0.0254. The fraction of sp³-hybridized carbons (Fsp3) is 0.146. The summed E-state index contributed by atoms with van der Waals surface area (Å²) in [5.74, 6) is -1.37. The van der Waals surface area contributed by atoms with Crippen LogP contribution >= 0.6 is 0 Å². The van der Waals surface area contributed by atoms with E-state index in [1.54, 1.807) is 0 Å². The van der Waals surface area contributed by atoms with E-state index in [2.05, 4.69) is 163 Å². The third-order valence-corrected chi connectivity index (χ3v) is 23.3. The molecule has 0 N–H and O–H groups in total. The van der Waals surface area contributed by atoms with E-state index in [4.69, 9.17) is 2.74 Å². The van der Waals surface area contributed by atoms with Crippen molar-refractivity contribution >= 4 is 91.0 Å². The summed E-state index contributed by atoms with van der Waals surface area (Å²) in [4.78, 5) is 4.22. The average Bonchev–Trinajstić information content (AvgIpc) is 1.34. The van der Waals surface area contributed by atoms with Crippen LogP contribution in [-0.4, -0.2) is 23.6 Å². The molecule has 4 nitrogen and oxygen atoms in total. The summed E-state index contributed by atoms with van der Waals surface area (Å²) in [6.45, 7) is 19.5. The van der Waals surface area contributed by atoms with E-state index in [9.17, 15) is 16.4 Å². The van der Waals surface area contributed by atoms with Gasteiger partial charge in [0.1, 0.15) is 0 Å². The van der Waals surface area contributed by atoms with Crippen LogP contribution in [0.2, 0.25) is 0 Å². The Kier molecular flexibility index (Phi) is 10.8. The molecule has 3 aliphatic rings. The number of aromatic nitrogens is 2. The monoisotopic (exact) mass is 1380 g/mol. The summed E-state index contributed by atoms with van der Waals surface area (Å²) < 4.78 is 151. The minimum absolute atomic E-state index is 0.0161. The maximum atomic E-state index is 11.9. The number of rotatable bonds is 8. The molecule has 3 aromatic heterocycles. The molecular weight excluding hydrogens is 1290 g/mol. The van der Waals surface area contributed by atoms with Crippen LogP contribution in [0.15, 0.2) is 291 Å². The van der Waals surface area contributed by atoms with Crippen molar-refractivity contribution < 1.29 is 19.2 Å². The van der Waals surface area contributed by atoms with Crippen molar-refractivity contribution in [2.45, 2.75) is 90.9 Å². The van der Waals surface area contributed by atoms with E-state index in [0.717, 1.165) is 72.2 Å².